The lowest BCUT2D eigenvalue weighted by Crippen LogP contribution is -2.40. The van der Waals surface area contributed by atoms with E-state index in [1.807, 2.05) is 50.2 Å². The third-order valence-electron chi connectivity index (χ3n) is 4.02. The fourth-order valence-corrected chi connectivity index (χ4v) is 2.66. The first-order valence-electron chi connectivity index (χ1n) is 8.74. The predicted molar refractivity (Wildman–Crippen MR) is 100 cm³/mol. The molecule has 0 aromatic heterocycles. The lowest BCUT2D eigenvalue weighted by Gasteiger charge is -2.17. The van der Waals surface area contributed by atoms with E-state index in [2.05, 4.69) is 22.8 Å². The Labute approximate surface area is 149 Å². The van der Waals surface area contributed by atoms with Crippen LogP contribution in [0.25, 0.3) is 0 Å². The summed E-state index contributed by atoms with van der Waals surface area (Å²) in [6.07, 6.45) is 2.09. The standard InChI is InChI=1S/C21H26N2O2/c1-16(13-14-18-9-5-3-6-10-18)22-20(24)15-17(2)23-21(25)19-11-7-4-8-12-19/h3-12,16-17H,13-15H2,1-2H3,(H,22,24)(H,23,25)/t16-,17-/m0/s1. The maximum atomic E-state index is 12.1. The maximum Gasteiger partial charge on any atom is 0.251 e. The van der Waals surface area contributed by atoms with Gasteiger partial charge in [0.25, 0.3) is 5.91 Å². The Hall–Kier alpha value is -2.62. The van der Waals surface area contributed by atoms with Crippen molar-refractivity contribution in [1.29, 1.82) is 0 Å². The highest BCUT2D eigenvalue weighted by atomic mass is 16.2. The Kier molecular flexibility index (Phi) is 7.20. The van der Waals surface area contributed by atoms with E-state index in [-0.39, 0.29) is 30.3 Å². The van der Waals surface area contributed by atoms with E-state index in [9.17, 15) is 9.59 Å². The molecule has 0 saturated carbocycles. The molecular formula is C21H26N2O2. The van der Waals surface area contributed by atoms with Crippen molar-refractivity contribution in [3.8, 4) is 0 Å². The van der Waals surface area contributed by atoms with Crippen LogP contribution in [-0.2, 0) is 11.2 Å². The fourth-order valence-electron chi connectivity index (χ4n) is 2.66. The number of hydrogen-bond acceptors (Lipinski definition) is 2. The number of carbonyl (C=O) groups is 2. The number of nitrogens with one attached hydrogen (secondary N) is 2. The van der Waals surface area contributed by atoms with Gasteiger partial charge in [0, 0.05) is 24.1 Å². The summed E-state index contributed by atoms with van der Waals surface area (Å²) in [5, 5.41) is 5.86. The number of rotatable bonds is 8. The van der Waals surface area contributed by atoms with E-state index in [4.69, 9.17) is 0 Å². The molecular weight excluding hydrogens is 312 g/mol. The zero-order chi connectivity index (χ0) is 18.1. The van der Waals surface area contributed by atoms with Crippen LogP contribution in [-0.4, -0.2) is 23.9 Å². The number of benzene rings is 2. The van der Waals surface area contributed by atoms with Crippen LogP contribution in [0, 0.1) is 0 Å². The molecule has 2 rings (SSSR count). The SMILES string of the molecule is C[C@@H](CCc1ccccc1)NC(=O)C[C@H](C)NC(=O)c1ccccc1. The molecule has 25 heavy (non-hydrogen) atoms. The van der Waals surface area contributed by atoms with Crippen molar-refractivity contribution in [2.45, 2.75) is 45.2 Å². The second-order valence-electron chi connectivity index (χ2n) is 6.44. The van der Waals surface area contributed by atoms with E-state index < -0.39 is 0 Å². The van der Waals surface area contributed by atoms with Gasteiger partial charge < -0.3 is 10.6 Å². The first-order valence-corrected chi connectivity index (χ1v) is 8.74. The van der Waals surface area contributed by atoms with Gasteiger partial charge >= 0.3 is 0 Å². The summed E-state index contributed by atoms with van der Waals surface area (Å²) in [5.74, 6) is -0.195. The Morgan fingerprint density at radius 1 is 0.840 bits per heavy atom. The summed E-state index contributed by atoms with van der Waals surface area (Å²) in [4.78, 5) is 24.2. The fraction of sp³-hybridized carbons (Fsp3) is 0.333. The topological polar surface area (TPSA) is 58.2 Å². The first-order chi connectivity index (χ1) is 12.0. The molecule has 0 fully saturated rings. The van der Waals surface area contributed by atoms with Crippen molar-refractivity contribution in [2.75, 3.05) is 0 Å². The molecule has 0 aliphatic heterocycles. The molecule has 2 atom stereocenters. The molecule has 0 saturated heterocycles. The minimum absolute atomic E-state index is 0.0403. The largest absolute Gasteiger partial charge is 0.354 e. The van der Waals surface area contributed by atoms with Crippen molar-refractivity contribution in [1.82, 2.24) is 10.6 Å². The Bertz CT molecular complexity index is 671. The summed E-state index contributed by atoms with van der Waals surface area (Å²) in [6.45, 7) is 3.85. The molecule has 2 aromatic carbocycles. The summed E-state index contributed by atoms with van der Waals surface area (Å²) in [6, 6.07) is 19.1. The van der Waals surface area contributed by atoms with E-state index >= 15 is 0 Å². The third-order valence-corrected chi connectivity index (χ3v) is 4.02. The van der Waals surface area contributed by atoms with Crippen LogP contribution in [0.15, 0.2) is 60.7 Å². The molecule has 132 valence electrons. The normalized spacial score (nSPS) is 12.9. The molecule has 2 aromatic rings. The highest BCUT2D eigenvalue weighted by Crippen LogP contribution is 2.05. The van der Waals surface area contributed by atoms with Crippen LogP contribution < -0.4 is 10.6 Å². The highest BCUT2D eigenvalue weighted by molar-refractivity contribution is 5.94. The van der Waals surface area contributed by atoms with Crippen molar-refractivity contribution < 1.29 is 9.59 Å². The first kappa shape index (κ1) is 18.7. The van der Waals surface area contributed by atoms with Crippen molar-refractivity contribution in [3.63, 3.8) is 0 Å². The van der Waals surface area contributed by atoms with E-state index in [1.54, 1.807) is 12.1 Å². The van der Waals surface area contributed by atoms with Gasteiger partial charge in [-0.3, -0.25) is 9.59 Å². The summed E-state index contributed by atoms with van der Waals surface area (Å²) < 4.78 is 0. The van der Waals surface area contributed by atoms with Crippen molar-refractivity contribution >= 4 is 11.8 Å². The monoisotopic (exact) mass is 338 g/mol. The average Bonchev–Trinajstić information content (AvgIpc) is 2.61. The molecule has 0 radical (unpaired) electrons. The van der Waals surface area contributed by atoms with Crippen LogP contribution in [0.3, 0.4) is 0 Å². The molecule has 0 spiro atoms. The molecule has 0 aliphatic carbocycles. The average molecular weight is 338 g/mol. The van der Waals surface area contributed by atoms with Crippen LogP contribution in [0.2, 0.25) is 0 Å². The van der Waals surface area contributed by atoms with Gasteiger partial charge in [0.1, 0.15) is 0 Å². The molecule has 0 bridgehead atoms. The second-order valence-corrected chi connectivity index (χ2v) is 6.44. The molecule has 0 aliphatic rings. The van der Waals surface area contributed by atoms with Gasteiger partial charge in [0.05, 0.1) is 0 Å². The van der Waals surface area contributed by atoms with Gasteiger partial charge in [0.2, 0.25) is 5.91 Å². The quantitative estimate of drug-likeness (QED) is 0.776. The van der Waals surface area contributed by atoms with Crippen LogP contribution >= 0.6 is 0 Å². The molecule has 4 nitrogen and oxygen atoms in total. The van der Waals surface area contributed by atoms with Gasteiger partial charge in [-0.25, -0.2) is 0 Å². The minimum atomic E-state index is -0.214. The van der Waals surface area contributed by atoms with Crippen molar-refractivity contribution in [2.24, 2.45) is 0 Å². The molecule has 2 amide bonds. The lowest BCUT2D eigenvalue weighted by molar-refractivity contribution is -0.122. The zero-order valence-corrected chi connectivity index (χ0v) is 14.9. The Balaban J connectivity index is 1.70. The van der Waals surface area contributed by atoms with E-state index in [0.717, 1.165) is 12.8 Å². The highest BCUT2D eigenvalue weighted by Gasteiger charge is 2.14. The van der Waals surface area contributed by atoms with E-state index in [1.165, 1.54) is 5.56 Å². The van der Waals surface area contributed by atoms with Crippen molar-refractivity contribution in [3.05, 3.63) is 71.8 Å². The van der Waals surface area contributed by atoms with Crippen LogP contribution in [0.5, 0.6) is 0 Å². The van der Waals surface area contributed by atoms with Crippen LogP contribution in [0.4, 0.5) is 0 Å². The van der Waals surface area contributed by atoms with Gasteiger partial charge in [-0.2, -0.15) is 0 Å². The predicted octanol–water partition coefficient (Wildman–Crippen LogP) is 3.33. The maximum absolute atomic E-state index is 12.1. The second kappa shape index (κ2) is 9.62. The Morgan fingerprint density at radius 3 is 2.08 bits per heavy atom. The number of hydrogen-bond donors (Lipinski definition) is 2. The third kappa shape index (κ3) is 6.79. The summed E-state index contributed by atoms with van der Waals surface area (Å²) in [5.41, 5.74) is 1.87. The van der Waals surface area contributed by atoms with Gasteiger partial charge in [-0.1, -0.05) is 48.5 Å². The molecule has 0 heterocycles. The summed E-state index contributed by atoms with van der Waals surface area (Å²) >= 11 is 0. The molecule has 4 heteroatoms. The van der Waals surface area contributed by atoms with E-state index in [0.29, 0.717) is 5.56 Å². The summed E-state index contributed by atoms with van der Waals surface area (Å²) in [7, 11) is 0. The number of carbonyl (C=O) groups excluding carboxylic acids is 2. The van der Waals surface area contributed by atoms with Gasteiger partial charge in [0.15, 0.2) is 0 Å². The zero-order valence-electron chi connectivity index (χ0n) is 14.9. The molecule has 0 unspecified atom stereocenters. The smallest absolute Gasteiger partial charge is 0.251 e. The lowest BCUT2D eigenvalue weighted by atomic mass is 10.1. The number of amides is 2. The van der Waals surface area contributed by atoms with Gasteiger partial charge in [-0.15, -0.1) is 0 Å². The van der Waals surface area contributed by atoms with Gasteiger partial charge in [-0.05, 0) is 44.4 Å². The minimum Gasteiger partial charge on any atom is -0.354 e. The number of aryl methyl sites for hydroxylation is 1. The Morgan fingerprint density at radius 2 is 1.44 bits per heavy atom. The van der Waals surface area contributed by atoms with Crippen LogP contribution in [0.1, 0.15) is 42.6 Å². The molecule has 2 N–H and O–H groups in total.